The van der Waals surface area contributed by atoms with Crippen molar-refractivity contribution < 1.29 is 24.1 Å². The molecule has 0 fully saturated rings. The molecule has 0 spiro atoms. The maximum atomic E-state index is 11.9. The Labute approximate surface area is 140 Å². The molecule has 0 unspecified atom stereocenters. The number of ether oxygens (including phenoxy) is 3. The highest BCUT2D eigenvalue weighted by molar-refractivity contribution is 5.67. The summed E-state index contributed by atoms with van der Waals surface area (Å²) in [6.07, 6.45) is -0.0910. The van der Waals surface area contributed by atoms with Crippen LogP contribution in [0.4, 0.5) is 4.79 Å². The van der Waals surface area contributed by atoms with Gasteiger partial charge in [-0.1, -0.05) is 36.4 Å². The van der Waals surface area contributed by atoms with Crippen molar-refractivity contribution in [2.75, 3.05) is 13.4 Å². The summed E-state index contributed by atoms with van der Waals surface area (Å²) in [5.41, 5.74) is 1.84. The van der Waals surface area contributed by atoms with Gasteiger partial charge in [-0.25, -0.2) is 4.79 Å². The summed E-state index contributed by atoms with van der Waals surface area (Å²) < 4.78 is 15.8. The molecule has 1 atom stereocenters. The van der Waals surface area contributed by atoms with E-state index < -0.39 is 12.1 Å². The average Bonchev–Trinajstić information content (AvgIpc) is 3.08. The molecule has 0 radical (unpaired) electrons. The van der Waals surface area contributed by atoms with E-state index in [0.29, 0.717) is 17.9 Å². The van der Waals surface area contributed by atoms with Gasteiger partial charge in [-0.05, 0) is 29.7 Å². The van der Waals surface area contributed by atoms with Gasteiger partial charge in [0, 0.05) is 0 Å². The zero-order chi connectivity index (χ0) is 16.8. The number of benzene rings is 2. The number of rotatable bonds is 6. The van der Waals surface area contributed by atoms with Crippen LogP contribution >= 0.6 is 0 Å². The van der Waals surface area contributed by atoms with E-state index in [1.807, 2.05) is 48.5 Å². The second-order valence-electron chi connectivity index (χ2n) is 5.48. The van der Waals surface area contributed by atoms with Gasteiger partial charge in [0.25, 0.3) is 0 Å². The molecule has 1 aliphatic heterocycles. The van der Waals surface area contributed by atoms with Crippen LogP contribution in [0.5, 0.6) is 11.5 Å². The van der Waals surface area contributed by atoms with Crippen LogP contribution in [-0.2, 0) is 17.8 Å². The Hall–Kier alpha value is -2.73. The molecule has 3 rings (SSSR count). The molecular formula is C18H19NO5. The lowest BCUT2D eigenvalue weighted by Crippen LogP contribution is -2.39. The molecule has 0 aromatic heterocycles. The summed E-state index contributed by atoms with van der Waals surface area (Å²) in [6.45, 7) is 0.218. The first-order valence-electron chi connectivity index (χ1n) is 7.71. The minimum atomic E-state index is -0.557. The number of amides is 1. The first kappa shape index (κ1) is 16.1. The van der Waals surface area contributed by atoms with Crippen LogP contribution in [0, 0.1) is 0 Å². The predicted molar refractivity (Wildman–Crippen MR) is 86.9 cm³/mol. The number of nitrogens with one attached hydrogen (secondary N) is 1. The van der Waals surface area contributed by atoms with E-state index in [1.165, 1.54) is 0 Å². The van der Waals surface area contributed by atoms with Crippen molar-refractivity contribution in [1.29, 1.82) is 0 Å². The monoisotopic (exact) mass is 329 g/mol. The second kappa shape index (κ2) is 7.70. The van der Waals surface area contributed by atoms with Crippen molar-refractivity contribution in [2.45, 2.75) is 19.1 Å². The van der Waals surface area contributed by atoms with Crippen LogP contribution in [0.25, 0.3) is 0 Å². The first-order chi connectivity index (χ1) is 11.7. The van der Waals surface area contributed by atoms with Crippen molar-refractivity contribution in [1.82, 2.24) is 5.32 Å². The number of hydrogen-bond acceptors (Lipinski definition) is 5. The van der Waals surface area contributed by atoms with E-state index in [9.17, 15) is 9.90 Å². The van der Waals surface area contributed by atoms with Gasteiger partial charge in [-0.3, -0.25) is 0 Å². The maximum Gasteiger partial charge on any atom is 0.407 e. The number of alkyl carbamates (subject to hydrolysis) is 1. The highest BCUT2D eigenvalue weighted by atomic mass is 16.7. The van der Waals surface area contributed by atoms with Gasteiger partial charge >= 0.3 is 6.09 Å². The molecule has 126 valence electrons. The molecule has 0 saturated carbocycles. The molecule has 2 aromatic rings. The standard InChI is InChI=1S/C18H19NO5/c20-10-15(8-14-6-7-16-17(9-14)24-12-23-16)19-18(21)22-11-13-4-2-1-3-5-13/h1-7,9,15,20H,8,10-12H2,(H,19,21)/t15-/m1/s1. The molecule has 2 N–H and O–H groups in total. The fraction of sp³-hybridized carbons (Fsp3) is 0.278. The Morgan fingerprint density at radius 2 is 1.92 bits per heavy atom. The van der Waals surface area contributed by atoms with Gasteiger partial charge in [0.2, 0.25) is 6.79 Å². The molecule has 1 aliphatic rings. The highest BCUT2D eigenvalue weighted by Gasteiger charge is 2.17. The summed E-state index contributed by atoms with van der Waals surface area (Å²) in [7, 11) is 0. The van der Waals surface area contributed by atoms with Gasteiger partial charge in [-0.2, -0.15) is 0 Å². The largest absolute Gasteiger partial charge is 0.454 e. The fourth-order valence-corrected chi connectivity index (χ4v) is 2.45. The molecule has 1 heterocycles. The van der Waals surface area contributed by atoms with Crippen molar-refractivity contribution in [3.05, 3.63) is 59.7 Å². The van der Waals surface area contributed by atoms with E-state index in [-0.39, 0.29) is 20.0 Å². The minimum Gasteiger partial charge on any atom is -0.454 e. The van der Waals surface area contributed by atoms with Gasteiger partial charge in [0.1, 0.15) is 6.61 Å². The van der Waals surface area contributed by atoms with Crippen LogP contribution in [-0.4, -0.2) is 30.6 Å². The minimum absolute atomic E-state index is 0.186. The van der Waals surface area contributed by atoms with Gasteiger partial charge in [0.15, 0.2) is 11.5 Å². The quantitative estimate of drug-likeness (QED) is 0.850. The van der Waals surface area contributed by atoms with Crippen molar-refractivity contribution in [3.8, 4) is 11.5 Å². The van der Waals surface area contributed by atoms with Crippen LogP contribution in [0.2, 0.25) is 0 Å². The van der Waals surface area contributed by atoms with Gasteiger partial charge < -0.3 is 24.6 Å². The Bertz CT molecular complexity index is 689. The van der Waals surface area contributed by atoms with E-state index in [4.69, 9.17) is 14.2 Å². The molecule has 0 aliphatic carbocycles. The lowest BCUT2D eigenvalue weighted by atomic mass is 10.1. The number of carbonyl (C=O) groups is 1. The summed E-state index contributed by atoms with van der Waals surface area (Å²) in [5.74, 6) is 1.38. The Morgan fingerprint density at radius 1 is 1.12 bits per heavy atom. The molecule has 6 nitrogen and oxygen atoms in total. The Kier molecular flexibility index (Phi) is 5.18. The molecule has 1 amide bonds. The van der Waals surface area contributed by atoms with Crippen LogP contribution in [0.1, 0.15) is 11.1 Å². The van der Waals surface area contributed by atoms with E-state index >= 15 is 0 Å². The zero-order valence-corrected chi connectivity index (χ0v) is 13.1. The average molecular weight is 329 g/mol. The van der Waals surface area contributed by atoms with Gasteiger partial charge in [-0.15, -0.1) is 0 Å². The number of aliphatic hydroxyl groups excluding tert-OH is 1. The van der Waals surface area contributed by atoms with Crippen molar-refractivity contribution in [2.24, 2.45) is 0 Å². The Balaban J connectivity index is 1.51. The van der Waals surface area contributed by atoms with E-state index in [2.05, 4.69) is 5.32 Å². The third-order valence-electron chi connectivity index (χ3n) is 3.67. The second-order valence-corrected chi connectivity index (χ2v) is 5.48. The van der Waals surface area contributed by atoms with Crippen molar-refractivity contribution >= 4 is 6.09 Å². The van der Waals surface area contributed by atoms with E-state index in [1.54, 1.807) is 0 Å². The smallest absolute Gasteiger partial charge is 0.407 e. The molecule has 6 heteroatoms. The van der Waals surface area contributed by atoms with E-state index in [0.717, 1.165) is 11.1 Å². The lowest BCUT2D eigenvalue weighted by molar-refractivity contribution is 0.129. The molecule has 0 saturated heterocycles. The molecule has 24 heavy (non-hydrogen) atoms. The summed E-state index contributed by atoms with van der Waals surface area (Å²) in [5, 5.41) is 12.2. The van der Waals surface area contributed by atoms with Crippen LogP contribution < -0.4 is 14.8 Å². The molecular weight excluding hydrogens is 310 g/mol. The third kappa shape index (κ3) is 4.17. The number of aliphatic hydroxyl groups is 1. The summed E-state index contributed by atoms with van der Waals surface area (Å²) in [6, 6.07) is 14.5. The fourth-order valence-electron chi connectivity index (χ4n) is 2.45. The first-order valence-corrected chi connectivity index (χ1v) is 7.71. The number of carbonyl (C=O) groups excluding carboxylic acids is 1. The zero-order valence-electron chi connectivity index (χ0n) is 13.1. The molecule has 0 bridgehead atoms. The van der Waals surface area contributed by atoms with Gasteiger partial charge in [0.05, 0.1) is 12.6 Å². The lowest BCUT2D eigenvalue weighted by Gasteiger charge is -2.16. The topological polar surface area (TPSA) is 77.0 Å². The highest BCUT2D eigenvalue weighted by Crippen LogP contribution is 2.32. The normalized spacial score (nSPS) is 13.4. The predicted octanol–water partition coefficient (Wildman–Crippen LogP) is 2.25. The van der Waals surface area contributed by atoms with Crippen LogP contribution in [0.15, 0.2) is 48.5 Å². The summed E-state index contributed by atoms with van der Waals surface area (Å²) in [4.78, 5) is 11.9. The molecule has 2 aromatic carbocycles. The Morgan fingerprint density at radius 3 is 2.71 bits per heavy atom. The van der Waals surface area contributed by atoms with Crippen LogP contribution in [0.3, 0.4) is 0 Å². The summed E-state index contributed by atoms with van der Waals surface area (Å²) >= 11 is 0. The number of hydrogen-bond donors (Lipinski definition) is 2. The third-order valence-corrected chi connectivity index (χ3v) is 3.67. The maximum absolute atomic E-state index is 11.9. The SMILES string of the molecule is O=C(N[C@@H](CO)Cc1ccc2c(c1)OCO2)OCc1ccccc1. The number of fused-ring (bicyclic) bond motifs is 1. The van der Waals surface area contributed by atoms with Crippen molar-refractivity contribution in [3.63, 3.8) is 0 Å².